The number of fused-ring (bicyclic) bond motifs is 4. The van der Waals surface area contributed by atoms with E-state index in [2.05, 4.69) is 138 Å². The number of nitrogens with zero attached hydrogens (tertiary/aromatic N) is 1. The fourth-order valence-corrected chi connectivity index (χ4v) is 6.70. The van der Waals surface area contributed by atoms with Gasteiger partial charge in [0.05, 0.1) is 11.4 Å². The van der Waals surface area contributed by atoms with Crippen molar-refractivity contribution in [1.29, 1.82) is 0 Å². The molecule has 0 amide bonds. The third-order valence-corrected chi connectivity index (χ3v) is 8.19. The van der Waals surface area contributed by atoms with Crippen LogP contribution in [0, 0.1) is 0 Å². The minimum Gasteiger partial charge on any atom is -0.309 e. The SMILES string of the molecule is Clc1cc(N(c2ccccc2)c2ccccc2-c2ccccc2)c2c(c1)sc1cc3ccccc3cc12. The van der Waals surface area contributed by atoms with E-state index < -0.39 is 0 Å². The van der Waals surface area contributed by atoms with Crippen LogP contribution in [-0.4, -0.2) is 0 Å². The summed E-state index contributed by atoms with van der Waals surface area (Å²) in [4.78, 5) is 2.36. The molecule has 0 atom stereocenters. The van der Waals surface area contributed by atoms with E-state index in [-0.39, 0.29) is 0 Å². The van der Waals surface area contributed by atoms with Gasteiger partial charge in [-0.1, -0.05) is 103 Å². The summed E-state index contributed by atoms with van der Waals surface area (Å²) in [6, 6.07) is 47.2. The summed E-state index contributed by atoms with van der Waals surface area (Å²) < 4.78 is 2.45. The van der Waals surface area contributed by atoms with E-state index in [0.29, 0.717) is 0 Å². The second-order valence-electron chi connectivity index (χ2n) is 9.15. The minimum absolute atomic E-state index is 0.733. The van der Waals surface area contributed by atoms with Crippen molar-refractivity contribution in [1.82, 2.24) is 0 Å². The zero-order valence-corrected chi connectivity index (χ0v) is 21.5. The Morgan fingerprint density at radius 1 is 0.541 bits per heavy atom. The fourth-order valence-electron chi connectivity index (χ4n) is 5.23. The molecule has 3 heteroatoms. The van der Waals surface area contributed by atoms with Gasteiger partial charge in [0.25, 0.3) is 0 Å². The highest BCUT2D eigenvalue weighted by atomic mass is 35.5. The van der Waals surface area contributed by atoms with E-state index in [1.54, 1.807) is 11.3 Å². The summed E-state index contributed by atoms with van der Waals surface area (Å²) in [5.41, 5.74) is 5.64. The summed E-state index contributed by atoms with van der Waals surface area (Å²) >= 11 is 8.61. The predicted molar refractivity (Wildman–Crippen MR) is 162 cm³/mol. The van der Waals surface area contributed by atoms with E-state index in [1.165, 1.54) is 42.1 Å². The number of para-hydroxylation sites is 2. The van der Waals surface area contributed by atoms with Crippen LogP contribution in [0.1, 0.15) is 0 Å². The molecule has 6 aromatic carbocycles. The van der Waals surface area contributed by atoms with Gasteiger partial charge in [-0.25, -0.2) is 0 Å². The van der Waals surface area contributed by atoms with Gasteiger partial charge in [0, 0.05) is 36.4 Å². The lowest BCUT2D eigenvalue weighted by Gasteiger charge is -2.29. The summed E-state index contributed by atoms with van der Waals surface area (Å²) in [6.45, 7) is 0. The molecule has 0 aliphatic carbocycles. The molecule has 0 aliphatic rings. The summed E-state index contributed by atoms with van der Waals surface area (Å²) in [5.74, 6) is 0. The van der Waals surface area contributed by atoms with Crippen molar-refractivity contribution in [3.05, 3.63) is 138 Å². The van der Waals surface area contributed by atoms with Crippen LogP contribution in [0.5, 0.6) is 0 Å². The molecule has 1 aromatic heterocycles. The lowest BCUT2D eigenvalue weighted by Crippen LogP contribution is -2.11. The van der Waals surface area contributed by atoms with Crippen molar-refractivity contribution in [3.8, 4) is 11.1 Å². The van der Waals surface area contributed by atoms with Gasteiger partial charge in [-0.2, -0.15) is 0 Å². The Bertz CT molecular complexity index is 1890. The largest absolute Gasteiger partial charge is 0.309 e. The van der Waals surface area contributed by atoms with Crippen LogP contribution in [0.25, 0.3) is 42.1 Å². The molecule has 0 bridgehead atoms. The molecule has 1 heterocycles. The highest BCUT2D eigenvalue weighted by Gasteiger charge is 2.22. The molecule has 0 fully saturated rings. The lowest BCUT2D eigenvalue weighted by molar-refractivity contribution is 1.30. The minimum atomic E-state index is 0.733. The smallest absolute Gasteiger partial charge is 0.0569 e. The molecule has 0 aliphatic heterocycles. The molecule has 7 rings (SSSR count). The Labute approximate surface area is 224 Å². The predicted octanol–water partition coefficient (Wildman–Crippen LogP) is 11.0. The molecule has 0 N–H and O–H groups in total. The number of thiophene rings is 1. The molecule has 7 aromatic rings. The highest BCUT2D eigenvalue weighted by Crippen LogP contribution is 2.48. The van der Waals surface area contributed by atoms with Crippen molar-refractivity contribution >= 4 is 70.9 Å². The Kier molecular flexibility index (Phi) is 5.43. The zero-order chi connectivity index (χ0) is 24.8. The van der Waals surface area contributed by atoms with Crippen LogP contribution in [0.2, 0.25) is 5.02 Å². The average molecular weight is 512 g/mol. The van der Waals surface area contributed by atoms with Gasteiger partial charge < -0.3 is 4.90 Å². The molecular formula is C34H22ClNS. The van der Waals surface area contributed by atoms with Crippen molar-refractivity contribution in [2.45, 2.75) is 0 Å². The first-order chi connectivity index (χ1) is 18.3. The van der Waals surface area contributed by atoms with Gasteiger partial charge in [0.15, 0.2) is 0 Å². The number of hydrogen-bond donors (Lipinski definition) is 0. The van der Waals surface area contributed by atoms with Gasteiger partial charge in [-0.05, 0) is 58.8 Å². The van der Waals surface area contributed by atoms with Crippen molar-refractivity contribution in [2.24, 2.45) is 0 Å². The maximum absolute atomic E-state index is 6.81. The number of rotatable bonds is 4. The van der Waals surface area contributed by atoms with E-state index >= 15 is 0 Å². The average Bonchev–Trinajstić information content (AvgIpc) is 3.30. The second-order valence-corrected chi connectivity index (χ2v) is 10.7. The molecule has 176 valence electrons. The third-order valence-electron chi connectivity index (χ3n) is 6.87. The molecule has 0 saturated carbocycles. The van der Waals surface area contributed by atoms with Gasteiger partial charge in [0.2, 0.25) is 0 Å². The highest BCUT2D eigenvalue weighted by molar-refractivity contribution is 7.26. The maximum atomic E-state index is 6.81. The van der Waals surface area contributed by atoms with Crippen LogP contribution >= 0.6 is 22.9 Å². The van der Waals surface area contributed by atoms with Crippen molar-refractivity contribution in [3.63, 3.8) is 0 Å². The van der Waals surface area contributed by atoms with E-state index in [0.717, 1.165) is 22.1 Å². The van der Waals surface area contributed by atoms with Gasteiger partial charge in [-0.15, -0.1) is 11.3 Å². The molecule has 0 radical (unpaired) electrons. The summed E-state index contributed by atoms with van der Waals surface area (Å²) in [6.07, 6.45) is 0. The van der Waals surface area contributed by atoms with Crippen molar-refractivity contribution in [2.75, 3.05) is 4.90 Å². The van der Waals surface area contributed by atoms with Gasteiger partial charge >= 0.3 is 0 Å². The Hall–Kier alpha value is -4.11. The molecule has 0 unspecified atom stereocenters. The topological polar surface area (TPSA) is 3.24 Å². The van der Waals surface area contributed by atoms with E-state index in [9.17, 15) is 0 Å². The van der Waals surface area contributed by atoms with Crippen LogP contribution in [0.15, 0.2) is 133 Å². The maximum Gasteiger partial charge on any atom is 0.0569 e. The van der Waals surface area contributed by atoms with E-state index in [1.807, 2.05) is 0 Å². The Balaban J connectivity index is 1.58. The summed E-state index contributed by atoms with van der Waals surface area (Å²) in [7, 11) is 0. The van der Waals surface area contributed by atoms with Crippen LogP contribution in [0.3, 0.4) is 0 Å². The zero-order valence-electron chi connectivity index (χ0n) is 19.9. The quantitative estimate of drug-likeness (QED) is 0.227. The lowest BCUT2D eigenvalue weighted by atomic mass is 10.0. The number of anilines is 3. The Morgan fingerprint density at radius 2 is 1.19 bits per heavy atom. The molecule has 0 saturated heterocycles. The Morgan fingerprint density at radius 3 is 1.97 bits per heavy atom. The number of hydrogen-bond acceptors (Lipinski definition) is 2. The normalized spacial score (nSPS) is 11.4. The summed E-state index contributed by atoms with van der Waals surface area (Å²) in [5, 5.41) is 5.71. The monoisotopic (exact) mass is 511 g/mol. The third kappa shape index (κ3) is 3.86. The van der Waals surface area contributed by atoms with Crippen LogP contribution in [-0.2, 0) is 0 Å². The first-order valence-electron chi connectivity index (χ1n) is 12.3. The fraction of sp³-hybridized carbons (Fsp3) is 0. The van der Waals surface area contributed by atoms with Gasteiger partial charge in [0.1, 0.15) is 0 Å². The standard InChI is InChI=1S/C34H22ClNS/c35-26-21-31(34-29-19-24-13-7-8-14-25(24)20-32(29)37-33(34)22-26)36(27-15-5-2-6-16-27)30-18-10-9-17-28(30)23-11-3-1-4-12-23/h1-22H. The first kappa shape index (κ1) is 22.1. The van der Waals surface area contributed by atoms with Crippen LogP contribution in [0.4, 0.5) is 17.1 Å². The van der Waals surface area contributed by atoms with Gasteiger partial charge in [-0.3, -0.25) is 0 Å². The van der Waals surface area contributed by atoms with E-state index in [4.69, 9.17) is 11.6 Å². The van der Waals surface area contributed by atoms with Crippen molar-refractivity contribution < 1.29 is 0 Å². The molecule has 1 nitrogen and oxygen atoms in total. The first-order valence-corrected chi connectivity index (χ1v) is 13.5. The van der Waals surface area contributed by atoms with Crippen LogP contribution < -0.4 is 4.90 Å². The molecule has 37 heavy (non-hydrogen) atoms. The number of halogens is 1. The molecule has 0 spiro atoms. The number of benzene rings is 6. The second kappa shape index (κ2) is 9.08. The molecular weight excluding hydrogens is 490 g/mol.